The second-order valence-electron chi connectivity index (χ2n) is 3.89. The van der Waals surface area contributed by atoms with Crippen molar-refractivity contribution in [1.82, 2.24) is 5.32 Å². The number of nitrogens with one attached hydrogen (secondary N) is 1. The highest BCUT2D eigenvalue weighted by molar-refractivity contribution is 5.40. The van der Waals surface area contributed by atoms with Gasteiger partial charge in [0.25, 0.3) is 0 Å². The minimum Gasteiger partial charge on any atom is -0.316 e. The Morgan fingerprint density at radius 2 is 2.33 bits per heavy atom. The first-order chi connectivity index (χ1) is 7.31. The van der Waals surface area contributed by atoms with Gasteiger partial charge in [-0.05, 0) is 49.1 Å². The first kappa shape index (κ1) is 10.1. The highest BCUT2D eigenvalue weighted by Crippen LogP contribution is 2.26. The average Bonchev–Trinajstić information content (AvgIpc) is 2.30. The molecule has 1 N–H and O–H groups in total. The van der Waals surface area contributed by atoms with Crippen molar-refractivity contribution in [2.45, 2.75) is 18.8 Å². The largest absolute Gasteiger partial charge is 0.316 e. The molecule has 1 aliphatic heterocycles. The summed E-state index contributed by atoms with van der Waals surface area (Å²) >= 11 is 0. The van der Waals surface area contributed by atoms with Crippen LogP contribution in [0.3, 0.4) is 0 Å². The van der Waals surface area contributed by atoms with Crippen LogP contribution in [0.15, 0.2) is 18.2 Å². The number of rotatable bonds is 1. The summed E-state index contributed by atoms with van der Waals surface area (Å²) in [6, 6.07) is 6.54. The smallest absolute Gasteiger partial charge is 0.123 e. The maximum Gasteiger partial charge on any atom is 0.123 e. The molecule has 0 aliphatic carbocycles. The Morgan fingerprint density at radius 1 is 1.47 bits per heavy atom. The lowest BCUT2D eigenvalue weighted by Gasteiger charge is -2.23. The van der Waals surface area contributed by atoms with E-state index in [2.05, 4.69) is 11.4 Å². The lowest BCUT2D eigenvalue weighted by atomic mass is 9.88. The van der Waals surface area contributed by atoms with Crippen molar-refractivity contribution in [3.8, 4) is 6.07 Å². The predicted molar refractivity (Wildman–Crippen MR) is 56.0 cm³/mol. The van der Waals surface area contributed by atoms with E-state index >= 15 is 0 Å². The molecule has 3 heteroatoms. The van der Waals surface area contributed by atoms with Gasteiger partial charge in [-0.1, -0.05) is 0 Å². The SMILES string of the molecule is N#Cc1ccc(F)cc1[C@@H]1CCCNC1. The van der Waals surface area contributed by atoms with Crippen LogP contribution in [0.5, 0.6) is 0 Å². The minimum atomic E-state index is -0.255. The average molecular weight is 204 g/mol. The Bertz CT molecular complexity index is 389. The van der Waals surface area contributed by atoms with Crippen LogP contribution in [0.2, 0.25) is 0 Å². The summed E-state index contributed by atoms with van der Waals surface area (Å²) in [5, 5.41) is 12.2. The summed E-state index contributed by atoms with van der Waals surface area (Å²) in [5.74, 6) is 0.0265. The first-order valence-electron chi connectivity index (χ1n) is 5.21. The molecule has 1 aromatic rings. The van der Waals surface area contributed by atoms with Gasteiger partial charge in [-0.3, -0.25) is 0 Å². The number of nitriles is 1. The van der Waals surface area contributed by atoms with Crippen LogP contribution in [0.4, 0.5) is 4.39 Å². The second-order valence-corrected chi connectivity index (χ2v) is 3.89. The molecule has 0 aromatic heterocycles. The Balaban J connectivity index is 2.32. The van der Waals surface area contributed by atoms with E-state index < -0.39 is 0 Å². The van der Waals surface area contributed by atoms with Crippen molar-refractivity contribution in [1.29, 1.82) is 5.26 Å². The predicted octanol–water partition coefficient (Wildman–Crippen LogP) is 2.16. The van der Waals surface area contributed by atoms with Crippen LogP contribution in [-0.4, -0.2) is 13.1 Å². The van der Waals surface area contributed by atoms with Crippen molar-refractivity contribution >= 4 is 0 Å². The Hall–Kier alpha value is -1.40. The summed E-state index contributed by atoms with van der Waals surface area (Å²) in [6.07, 6.45) is 2.12. The molecule has 1 fully saturated rings. The van der Waals surface area contributed by atoms with Gasteiger partial charge in [0.05, 0.1) is 11.6 Å². The van der Waals surface area contributed by atoms with Crippen molar-refractivity contribution in [2.24, 2.45) is 0 Å². The van der Waals surface area contributed by atoms with E-state index in [1.165, 1.54) is 12.1 Å². The summed E-state index contributed by atoms with van der Waals surface area (Å²) in [7, 11) is 0. The van der Waals surface area contributed by atoms with Crippen LogP contribution >= 0.6 is 0 Å². The highest BCUT2D eigenvalue weighted by atomic mass is 19.1. The number of hydrogen-bond donors (Lipinski definition) is 1. The van der Waals surface area contributed by atoms with Crippen LogP contribution in [-0.2, 0) is 0 Å². The third-order valence-corrected chi connectivity index (χ3v) is 2.87. The fraction of sp³-hybridized carbons (Fsp3) is 0.417. The van der Waals surface area contributed by atoms with Crippen molar-refractivity contribution in [3.63, 3.8) is 0 Å². The van der Waals surface area contributed by atoms with Crippen LogP contribution < -0.4 is 5.32 Å². The molecule has 2 rings (SSSR count). The van der Waals surface area contributed by atoms with E-state index in [1.807, 2.05) is 0 Å². The first-order valence-corrected chi connectivity index (χ1v) is 5.21. The fourth-order valence-electron chi connectivity index (χ4n) is 2.09. The lowest BCUT2D eigenvalue weighted by molar-refractivity contribution is 0.459. The Kier molecular flexibility index (Phi) is 2.98. The maximum absolute atomic E-state index is 13.1. The molecule has 0 saturated carbocycles. The van der Waals surface area contributed by atoms with E-state index in [0.717, 1.165) is 31.5 Å². The molecular formula is C12H13FN2. The van der Waals surface area contributed by atoms with E-state index in [-0.39, 0.29) is 11.7 Å². The number of piperidine rings is 1. The topological polar surface area (TPSA) is 35.8 Å². The molecule has 1 heterocycles. The number of nitrogens with zero attached hydrogens (tertiary/aromatic N) is 1. The van der Waals surface area contributed by atoms with Gasteiger partial charge in [0.15, 0.2) is 0 Å². The standard InChI is InChI=1S/C12H13FN2/c13-11-4-3-9(7-14)12(6-11)10-2-1-5-15-8-10/h3-4,6,10,15H,1-2,5,8H2/t10-/m1/s1. The van der Waals surface area contributed by atoms with Gasteiger partial charge >= 0.3 is 0 Å². The van der Waals surface area contributed by atoms with Gasteiger partial charge in [0.2, 0.25) is 0 Å². The van der Waals surface area contributed by atoms with Gasteiger partial charge in [-0.2, -0.15) is 5.26 Å². The molecule has 0 radical (unpaired) electrons. The molecule has 1 aromatic carbocycles. The quantitative estimate of drug-likeness (QED) is 0.761. The van der Waals surface area contributed by atoms with Crippen molar-refractivity contribution in [3.05, 3.63) is 35.1 Å². The van der Waals surface area contributed by atoms with Gasteiger partial charge in [0.1, 0.15) is 5.82 Å². The molecule has 1 saturated heterocycles. The zero-order chi connectivity index (χ0) is 10.7. The molecule has 2 nitrogen and oxygen atoms in total. The van der Waals surface area contributed by atoms with Crippen LogP contribution in [0.25, 0.3) is 0 Å². The molecule has 0 unspecified atom stereocenters. The van der Waals surface area contributed by atoms with Gasteiger partial charge in [-0.15, -0.1) is 0 Å². The normalized spacial score (nSPS) is 20.9. The lowest BCUT2D eigenvalue weighted by Crippen LogP contribution is -2.28. The third-order valence-electron chi connectivity index (χ3n) is 2.87. The van der Waals surface area contributed by atoms with E-state index in [0.29, 0.717) is 5.56 Å². The van der Waals surface area contributed by atoms with Gasteiger partial charge < -0.3 is 5.32 Å². The number of benzene rings is 1. The van der Waals surface area contributed by atoms with Crippen LogP contribution in [0, 0.1) is 17.1 Å². The fourth-order valence-corrected chi connectivity index (χ4v) is 2.09. The summed E-state index contributed by atoms with van der Waals surface area (Å²) in [6.45, 7) is 1.87. The van der Waals surface area contributed by atoms with Crippen molar-refractivity contribution in [2.75, 3.05) is 13.1 Å². The molecular weight excluding hydrogens is 191 g/mol. The zero-order valence-electron chi connectivity index (χ0n) is 8.46. The summed E-state index contributed by atoms with van der Waals surface area (Å²) < 4.78 is 13.1. The minimum absolute atomic E-state index is 0.255. The monoisotopic (exact) mass is 204 g/mol. The van der Waals surface area contributed by atoms with E-state index in [1.54, 1.807) is 6.07 Å². The maximum atomic E-state index is 13.1. The molecule has 0 spiro atoms. The molecule has 1 atom stereocenters. The van der Waals surface area contributed by atoms with E-state index in [4.69, 9.17) is 5.26 Å². The number of hydrogen-bond acceptors (Lipinski definition) is 2. The molecule has 0 amide bonds. The molecule has 78 valence electrons. The van der Waals surface area contributed by atoms with Crippen LogP contribution in [0.1, 0.15) is 29.9 Å². The van der Waals surface area contributed by atoms with Gasteiger partial charge in [0, 0.05) is 6.54 Å². The van der Waals surface area contributed by atoms with E-state index in [9.17, 15) is 4.39 Å². The molecule has 1 aliphatic rings. The zero-order valence-corrected chi connectivity index (χ0v) is 8.46. The summed E-state index contributed by atoms with van der Waals surface area (Å²) in [5.41, 5.74) is 1.45. The Labute approximate surface area is 88.7 Å². The molecule has 0 bridgehead atoms. The number of halogens is 1. The second kappa shape index (κ2) is 4.41. The highest BCUT2D eigenvalue weighted by Gasteiger charge is 2.18. The summed E-state index contributed by atoms with van der Waals surface area (Å²) in [4.78, 5) is 0. The molecule has 15 heavy (non-hydrogen) atoms. The van der Waals surface area contributed by atoms with Crippen molar-refractivity contribution < 1.29 is 4.39 Å². The Morgan fingerprint density at radius 3 is 3.00 bits per heavy atom. The third kappa shape index (κ3) is 2.16. The van der Waals surface area contributed by atoms with Gasteiger partial charge in [-0.25, -0.2) is 4.39 Å².